The van der Waals surface area contributed by atoms with Crippen LogP contribution in [0.2, 0.25) is 0 Å². The highest BCUT2D eigenvalue weighted by molar-refractivity contribution is 5.65. The van der Waals surface area contributed by atoms with Crippen LogP contribution >= 0.6 is 0 Å². The van der Waals surface area contributed by atoms with Crippen molar-refractivity contribution in [3.63, 3.8) is 0 Å². The zero-order chi connectivity index (χ0) is 12.0. The summed E-state index contributed by atoms with van der Waals surface area (Å²) < 4.78 is 4.64. The zero-order valence-corrected chi connectivity index (χ0v) is 8.65. The van der Waals surface area contributed by atoms with E-state index in [-0.39, 0.29) is 5.97 Å². The second kappa shape index (κ2) is 17.5. The summed E-state index contributed by atoms with van der Waals surface area (Å²) in [6.07, 6.45) is 0.215. The van der Waals surface area contributed by atoms with Gasteiger partial charge in [-0.1, -0.05) is 13.3 Å². The molecule has 0 heterocycles. The van der Waals surface area contributed by atoms with Gasteiger partial charge < -0.3 is 14.9 Å². The third-order valence-electron chi connectivity index (χ3n) is 0.803. The first-order valence-electron chi connectivity index (χ1n) is 4.06. The topological polar surface area (TPSA) is 83.8 Å². The number of carbonyl (C=O) groups is 2. The predicted molar refractivity (Wildman–Crippen MR) is 53.4 cm³/mol. The maximum absolute atomic E-state index is 10.1. The quantitative estimate of drug-likeness (QED) is 0.420. The Balaban J connectivity index is -0.000000170. The molecule has 0 rings (SSSR count). The van der Waals surface area contributed by atoms with Crippen molar-refractivity contribution in [2.45, 2.75) is 26.7 Å². The van der Waals surface area contributed by atoms with E-state index in [1.54, 1.807) is 0 Å². The molecule has 5 nitrogen and oxygen atoms in total. The molecule has 2 N–H and O–H groups in total. The lowest BCUT2D eigenvalue weighted by Crippen LogP contribution is -1.99. The molecule has 0 aliphatic carbocycles. The van der Waals surface area contributed by atoms with Gasteiger partial charge in [-0.3, -0.25) is 4.79 Å². The summed E-state index contributed by atoms with van der Waals surface area (Å²) in [6.45, 7) is 10.1. The summed E-state index contributed by atoms with van der Waals surface area (Å²) >= 11 is 0. The first-order chi connectivity index (χ1) is 6.50. The van der Waals surface area contributed by atoms with Crippen molar-refractivity contribution in [2.24, 2.45) is 0 Å². The SMILES string of the molecule is C=C.CCCCOC(C)=O.O=C(O)O. The number of rotatable bonds is 3. The van der Waals surface area contributed by atoms with Crippen molar-refractivity contribution < 1.29 is 24.5 Å². The molecule has 0 bridgehead atoms. The molecule has 0 atom stereocenters. The van der Waals surface area contributed by atoms with Crippen LogP contribution in [0.3, 0.4) is 0 Å². The van der Waals surface area contributed by atoms with Crippen LogP contribution in [0.15, 0.2) is 13.2 Å². The summed E-state index contributed by atoms with van der Waals surface area (Å²) in [5.41, 5.74) is 0. The highest BCUT2D eigenvalue weighted by atomic mass is 16.6. The van der Waals surface area contributed by atoms with Gasteiger partial charge in [0.05, 0.1) is 6.61 Å². The molecule has 0 amide bonds. The van der Waals surface area contributed by atoms with E-state index in [0.29, 0.717) is 6.61 Å². The molecule has 0 radical (unpaired) electrons. The number of unbranched alkanes of at least 4 members (excludes halogenated alkanes) is 1. The van der Waals surface area contributed by atoms with E-state index in [9.17, 15) is 4.79 Å². The van der Waals surface area contributed by atoms with E-state index >= 15 is 0 Å². The van der Waals surface area contributed by atoms with E-state index in [0.717, 1.165) is 12.8 Å². The first kappa shape index (κ1) is 18.3. The van der Waals surface area contributed by atoms with Crippen molar-refractivity contribution >= 4 is 12.1 Å². The molecule has 0 saturated heterocycles. The molecule has 5 heteroatoms. The van der Waals surface area contributed by atoms with E-state index in [2.05, 4.69) is 24.8 Å². The van der Waals surface area contributed by atoms with Crippen LogP contribution in [-0.2, 0) is 9.53 Å². The van der Waals surface area contributed by atoms with Crippen LogP contribution in [0.1, 0.15) is 26.7 Å². The van der Waals surface area contributed by atoms with Crippen molar-refractivity contribution in [1.29, 1.82) is 0 Å². The third-order valence-corrected chi connectivity index (χ3v) is 0.803. The molecule has 0 aromatic carbocycles. The summed E-state index contributed by atoms with van der Waals surface area (Å²) in [7, 11) is 0. The van der Waals surface area contributed by atoms with Gasteiger partial charge in [-0.15, -0.1) is 13.2 Å². The lowest BCUT2D eigenvalue weighted by atomic mass is 10.4. The van der Waals surface area contributed by atoms with Crippen LogP contribution in [0, 0.1) is 0 Å². The second-order valence-corrected chi connectivity index (χ2v) is 1.98. The summed E-state index contributed by atoms with van der Waals surface area (Å²) in [5, 5.41) is 13.9. The minimum Gasteiger partial charge on any atom is -0.466 e. The normalized spacial score (nSPS) is 7.00. The van der Waals surface area contributed by atoms with Crippen LogP contribution in [-0.4, -0.2) is 28.9 Å². The Morgan fingerprint density at radius 3 is 1.86 bits per heavy atom. The molecule has 14 heavy (non-hydrogen) atoms. The molecule has 0 aromatic heterocycles. The highest BCUT2D eigenvalue weighted by Gasteiger charge is 1.88. The minimum atomic E-state index is -1.83. The average molecular weight is 206 g/mol. The van der Waals surface area contributed by atoms with E-state index < -0.39 is 6.16 Å². The zero-order valence-electron chi connectivity index (χ0n) is 8.65. The van der Waals surface area contributed by atoms with Gasteiger partial charge in [0.1, 0.15) is 0 Å². The molecule has 0 spiro atoms. The first-order valence-corrected chi connectivity index (χ1v) is 4.06. The van der Waals surface area contributed by atoms with E-state index in [1.165, 1.54) is 6.92 Å². The Hall–Kier alpha value is -1.52. The van der Waals surface area contributed by atoms with Crippen LogP contribution < -0.4 is 0 Å². The van der Waals surface area contributed by atoms with E-state index in [4.69, 9.17) is 15.0 Å². The van der Waals surface area contributed by atoms with Crippen LogP contribution in [0.25, 0.3) is 0 Å². The summed E-state index contributed by atoms with van der Waals surface area (Å²) in [6, 6.07) is 0. The summed E-state index contributed by atoms with van der Waals surface area (Å²) in [4.78, 5) is 18.7. The van der Waals surface area contributed by atoms with Gasteiger partial charge in [0.2, 0.25) is 0 Å². The van der Waals surface area contributed by atoms with Crippen molar-refractivity contribution in [3.8, 4) is 0 Å². The van der Waals surface area contributed by atoms with Crippen molar-refractivity contribution in [3.05, 3.63) is 13.2 Å². The second-order valence-electron chi connectivity index (χ2n) is 1.98. The van der Waals surface area contributed by atoms with E-state index in [1.807, 2.05) is 0 Å². The smallest absolute Gasteiger partial charge is 0.466 e. The number of carboxylic acid groups (broad SMARTS) is 2. The Morgan fingerprint density at radius 1 is 1.29 bits per heavy atom. The molecule has 0 saturated carbocycles. The third kappa shape index (κ3) is 77.8. The maximum Gasteiger partial charge on any atom is 0.503 e. The monoisotopic (exact) mass is 206 g/mol. The van der Waals surface area contributed by atoms with Gasteiger partial charge in [0.15, 0.2) is 0 Å². The fraction of sp³-hybridized carbons (Fsp3) is 0.556. The van der Waals surface area contributed by atoms with Crippen molar-refractivity contribution in [1.82, 2.24) is 0 Å². The fourth-order valence-electron chi connectivity index (χ4n) is 0.360. The fourth-order valence-corrected chi connectivity index (χ4v) is 0.360. The number of ether oxygens (including phenoxy) is 1. The lowest BCUT2D eigenvalue weighted by Gasteiger charge is -1.96. The number of hydrogen-bond donors (Lipinski definition) is 2. The molecule has 0 fully saturated rings. The number of hydrogen-bond acceptors (Lipinski definition) is 3. The molecule has 84 valence electrons. The van der Waals surface area contributed by atoms with Gasteiger partial charge in [-0.25, -0.2) is 4.79 Å². The van der Waals surface area contributed by atoms with Gasteiger partial charge in [-0.2, -0.15) is 0 Å². The minimum absolute atomic E-state index is 0.182. The number of carbonyl (C=O) groups excluding carboxylic acids is 1. The average Bonchev–Trinajstić information content (AvgIpc) is 2.07. The maximum atomic E-state index is 10.1. The largest absolute Gasteiger partial charge is 0.503 e. The van der Waals surface area contributed by atoms with Gasteiger partial charge in [0, 0.05) is 6.92 Å². The molecule has 0 aliphatic rings. The van der Waals surface area contributed by atoms with Gasteiger partial charge in [-0.05, 0) is 6.42 Å². The highest BCUT2D eigenvalue weighted by Crippen LogP contribution is 1.86. The molecular weight excluding hydrogens is 188 g/mol. The standard InChI is InChI=1S/C6H12O2.C2H4.CH2O3/c1-3-4-5-8-6(2)7;1-2;2-1(3)4/h3-5H2,1-2H3;1-2H2;(H2,2,3,4). The Kier molecular flexibility index (Phi) is 22.9. The predicted octanol–water partition coefficient (Wildman–Crippen LogP) is 2.37. The molecule has 0 unspecified atom stereocenters. The Labute approximate surface area is 84.0 Å². The number of esters is 1. The molecule has 0 aromatic rings. The van der Waals surface area contributed by atoms with Gasteiger partial charge in [0.25, 0.3) is 0 Å². The Bertz CT molecular complexity index is 140. The Morgan fingerprint density at radius 2 is 1.64 bits per heavy atom. The van der Waals surface area contributed by atoms with Crippen molar-refractivity contribution in [2.75, 3.05) is 6.61 Å². The lowest BCUT2D eigenvalue weighted by molar-refractivity contribution is -0.141. The van der Waals surface area contributed by atoms with Crippen LogP contribution in [0.4, 0.5) is 4.79 Å². The summed E-state index contributed by atoms with van der Waals surface area (Å²) in [5.74, 6) is -0.182. The molecular formula is C9H18O5. The van der Waals surface area contributed by atoms with Gasteiger partial charge >= 0.3 is 12.1 Å². The molecule has 0 aliphatic heterocycles. The van der Waals surface area contributed by atoms with Crippen LogP contribution in [0.5, 0.6) is 0 Å².